The molecule has 1 amide bonds. The van der Waals surface area contributed by atoms with Crippen molar-refractivity contribution in [2.75, 3.05) is 30.8 Å². The Morgan fingerprint density at radius 1 is 1.11 bits per heavy atom. The van der Waals surface area contributed by atoms with Crippen molar-refractivity contribution in [3.8, 4) is 16.9 Å². The summed E-state index contributed by atoms with van der Waals surface area (Å²) in [6.45, 7) is 9.91. The molecule has 1 aliphatic heterocycles. The number of piperazine rings is 1. The van der Waals surface area contributed by atoms with Gasteiger partial charge < -0.3 is 9.80 Å². The number of benzene rings is 2. The fraction of sp³-hybridized carbons (Fsp3) is 0.290. The Labute approximate surface area is 258 Å². The molecule has 4 aromatic rings. The molecular weight excluding hydrogens is 612 g/mol. The zero-order valence-corrected chi connectivity index (χ0v) is 26.1. The van der Waals surface area contributed by atoms with Crippen LogP contribution in [0.4, 0.5) is 14.6 Å². The first-order valence-corrected chi connectivity index (χ1v) is 16.1. The Bertz CT molecular complexity index is 2000. The molecule has 0 spiro atoms. The van der Waals surface area contributed by atoms with E-state index < -0.39 is 27.2 Å². The van der Waals surface area contributed by atoms with Gasteiger partial charge in [0.15, 0.2) is 15.5 Å². The third kappa shape index (κ3) is 5.48. The van der Waals surface area contributed by atoms with Gasteiger partial charge in [0.2, 0.25) is 5.91 Å². The lowest BCUT2D eigenvalue weighted by atomic mass is 10.0. The lowest BCUT2D eigenvalue weighted by molar-refractivity contribution is -0.126. The van der Waals surface area contributed by atoms with Crippen LogP contribution in [0.25, 0.3) is 28.0 Å². The third-order valence-electron chi connectivity index (χ3n) is 7.67. The predicted octanol–water partition coefficient (Wildman–Crippen LogP) is 5.13. The van der Waals surface area contributed by atoms with Gasteiger partial charge in [-0.05, 0) is 42.7 Å². The van der Waals surface area contributed by atoms with E-state index in [9.17, 15) is 22.4 Å². The standard InChI is InChI=1S/C31H30ClF2N5O4S/c1-6-25(40)37-13-14-38(18(4)16-37)29-21-15-23(34)27(20-10-7-11-22(33)26(20)32)35-30(21)39(31(41)36-29)28-19(17(2)3)9-8-12-24(28)44(5,42)43/h6-12,15,17-18H,1,13-14,16H2,2-5H3/t18-/m0/s1. The zero-order valence-electron chi connectivity index (χ0n) is 24.5. The summed E-state index contributed by atoms with van der Waals surface area (Å²) < 4.78 is 57.5. The monoisotopic (exact) mass is 641 g/mol. The number of fused-ring (bicyclic) bond motifs is 1. The van der Waals surface area contributed by atoms with Gasteiger partial charge in [-0.2, -0.15) is 4.98 Å². The Morgan fingerprint density at radius 3 is 2.45 bits per heavy atom. The number of aromatic nitrogens is 3. The molecule has 9 nitrogen and oxygen atoms in total. The van der Waals surface area contributed by atoms with Gasteiger partial charge in [0.25, 0.3) is 0 Å². The molecule has 0 N–H and O–H groups in total. The van der Waals surface area contributed by atoms with Crippen molar-refractivity contribution in [3.05, 3.63) is 87.8 Å². The summed E-state index contributed by atoms with van der Waals surface area (Å²) in [6.07, 6.45) is 2.25. The van der Waals surface area contributed by atoms with Gasteiger partial charge in [0.05, 0.1) is 21.0 Å². The van der Waals surface area contributed by atoms with Gasteiger partial charge in [-0.3, -0.25) is 4.79 Å². The lowest BCUT2D eigenvalue weighted by Gasteiger charge is -2.40. The third-order valence-corrected chi connectivity index (χ3v) is 9.18. The van der Waals surface area contributed by atoms with E-state index in [1.54, 1.807) is 21.9 Å². The number of hydrogen-bond donors (Lipinski definition) is 0. The van der Waals surface area contributed by atoms with Crippen molar-refractivity contribution in [2.24, 2.45) is 0 Å². The maximum absolute atomic E-state index is 15.9. The van der Waals surface area contributed by atoms with Crippen LogP contribution >= 0.6 is 11.6 Å². The van der Waals surface area contributed by atoms with Gasteiger partial charge in [0.1, 0.15) is 23.1 Å². The molecule has 0 aliphatic carbocycles. The number of carbonyl (C=O) groups is 1. The highest BCUT2D eigenvalue weighted by molar-refractivity contribution is 7.90. The van der Waals surface area contributed by atoms with E-state index >= 15 is 4.39 Å². The normalized spacial score (nSPS) is 15.7. The van der Waals surface area contributed by atoms with Crippen molar-refractivity contribution in [3.63, 3.8) is 0 Å². The van der Waals surface area contributed by atoms with Gasteiger partial charge >= 0.3 is 5.69 Å². The van der Waals surface area contributed by atoms with E-state index in [4.69, 9.17) is 11.6 Å². The summed E-state index contributed by atoms with van der Waals surface area (Å²) in [6, 6.07) is 9.35. The van der Waals surface area contributed by atoms with Gasteiger partial charge in [0, 0.05) is 37.5 Å². The first-order chi connectivity index (χ1) is 20.7. The summed E-state index contributed by atoms with van der Waals surface area (Å²) in [5, 5.41) is -0.246. The van der Waals surface area contributed by atoms with Gasteiger partial charge in [-0.1, -0.05) is 56.3 Å². The fourth-order valence-electron chi connectivity index (χ4n) is 5.55. The zero-order chi connectivity index (χ0) is 32.1. The molecule has 3 heterocycles. The summed E-state index contributed by atoms with van der Waals surface area (Å²) in [5.41, 5.74) is -0.751. The Hall–Kier alpha value is -4.16. The predicted molar refractivity (Wildman–Crippen MR) is 166 cm³/mol. The summed E-state index contributed by atoms with van der Waals surface area (Å²) in [7, 11) is -3.88. The Balaban J connectivity index is 1.89. The maximum atomic E-state index is 15.9. The van der Waals surface area contributed by atoms with Crippen LogP contribution in [0.1, 0.15) is 32.3 Å². The first-order valence-electron chi connectivity index (χ1n) is 13.8. The summed E-state index contributed by atoms with van der Waals surface area (Å²) in [4.78, 5) is 38.5. The van der Waals surface area contributed by atoms with Gasteiger partial charge in [-0.25, -0.2) is 31.5 Å². The molecule has 13 heteroatoms. The van der Waals surface area contributed by atoms with Crippen LogP contribution in [0.5, 0.6) is 0 Å². The van der Waals surface area contributed by atoms with E-state index in [0.29, 0.717) is 18.7 Å². The summed E-state index contributed by atoms with van der Waals surface area (Å²) >= 11 is 6.22. The average Bonchev–Trinajstić information content (AvgIpc) is 2.97. The molecule has 1 aliphatic rings. The number of nitrogens with zero attached hydrogens (tertiary/aromatic N) is 5. The highest BCUT2D eigenvalue weighted by atomic mass is 35.5. The Morgan fingerprint density at radius 2 is 1.82 bits per heavy atom. The maximum Gasteiger partial charge on any atom is 0.355 e. The second-order valence-corrected chi connectivity index (χ2v) is 13.4. The SMILES string of the molecule is C=CC(=O)N1CCN(c2nc(=O)n(-c3c(C(C)C)cccc3S(C)(=O)=O)c3nc(-c4cccc(F)c4Cl)c(F)cc23)[C@@H](C)C1. The van der Waals surface area contributed by atoms with Crippen LogP contribution in [0.3, 0.4) is 0 Å². The molecule has 0 saturated carbocycles. The first kappa shape index (κ1) is 31.3. The van der Waals surface area contributed by atoms with E-state index in [-0.39, 0.29) is 68.1 Å². The van der Waals surface area contributed by atoms with Crippen molar-refractivity contribution < 1.29 is 22.0 Å². The largest absolute Gasteiger partial charge is 0.355 e. The second kappa shape index (κ2) is 11.7. The van der Waals surface area contributed by atoms with E-state index in [1.807, 2.05) is 20.8 Å². The Kier molecular flexibility index (Phi) is 8.34. The van der Waals surface area contributed by atoms with Crippen LogP contribution in [-0.2, 0) is 14.6 Å². The highest BCUT2D eigenvalue weighted by Crippen LogP contribution is 2.37. The number of pyridine rings is 1. The molecule has 2 aromatic carbocycles. The number of rotatable bonds is 6. The van der Waals surface area contributed by atoms with Crippen molar-refractivity contribution in [1.82, 2.24) is 19.4 Å². The molecule has 2 aromatic heterocycles. The molecule has 0 radical (unpaired) electrons. The lowest BCUT2D eigenvalue weighted by Crippen LogP contribution is -2.54. The minimum atomic E-state index is -3.88. The molecule has 1 atom stereocenters. The molecule has 44 heavy (non-hydrogen) atoms. The molecule has 5 rings (SSSR count). The van der Waals surface area contributed by atoms with Crippen LogP contribution in [0.2, 0.25) is 5.02 Å². The number of hydrogen-bond acceptors (Lipinski definition) is 7. The number of amides is 1. The highest BCUT2D eigenvalue weighted by Gasteiger charge is 2.31. The van der Waals surface area contributed by atoms with Crippen molar-refractivity contribution >= 4 is 44.2 Å². The minimum Gasteiger partial charge on any atom is -0.350 e. The minimum absolute atomic E-state index is 0.0453. The number of sulfone groups is 1. The van der Waals surface area contributed by atoms with E-state index in [1.165, 1.54) is 24.3 Å². The fourth-order valence-corrected chi connectivity index (χ4v) is 6.65. The average molecular weight is 642 g/mol. The second-order valence-electron chi connectivity index (χ2n) is 11.0. The molecular formula is C31H30ClF2N5O4S. The van der Waals surface area contributed by atoms with Crippen LogP contribution in [0, 0.1) is 11.6 Å². The van der Waals surface area contributed by atoms with Crippen LogP contribution in [0.15, 0.2) is 64.8 Å². The molecule has 1 fully saturated rings. The van der Waals surface area contributed by atoms with Crippen LogP contribution < -0.4 is 10.6 Å². The molecule has 0 unspecified atom stereocenters. The topological polar surface area (TPSA) is 105 Å². The number of para-hydroxylation sites is 1. The number of halogens is 3. The van der Waals surface area contributed by atoms with E-state index in [2.05, 4.69) is 16.5 Å². The molecule has 0 bridgehead atoms. The quantitative estimate of drug-likeness (QED) is 0.269. The van der Waals surface area contributed by atoms with Crippen molar-refractivity contribution in [1.29, 1.82) is 0 Å². The van der Waals surface area contributed by atoms with E-state index in [0.717, 1.165) is 23.0 Å². The smallest absolute Gasteiger partial charge is 0.350 e. The van der Waals surface area contributed by atoms with Gasteiger partial charge in [-0.15, -0.1) is 0 Å². The van der Waals surface area contributed by atoms with Crippen molar-refractivity contribution in [2.45, 2.75) is 37.6 Å². The molecule has 230 valence electrons. The number of carbonyl (C=O) groups excluding carboxylic acids is 1. The summed E-state index contributed by atoms with van der Waals surface area (Å²) in [5.74, 6) is -2.00. The number of anilines is 1. The molecule has 1 saturated heterocycles. The van der Waals surface area contributed by atoms with Crippen LogP contribution in [-0.4, -0.2) is 65.7 Å².